The fraction of sp³-hybridized carbons (Fsp3) is 0.842. The predicted molar refractivity (Wildman–Crippen MR) is 101 cm³/mol. The number of imide groups is 1. The number of nitrogens with one attached hydrogen (secondary N) is 1. The van der Waals surface area contributed by atoms with E-state index in [-0.39, 0.29) is 31.1 Å². The van der Waals surface area contributed by atoms with Crippen molar-refractivity contribution >= 4 is 17.9 Å². The molecule has 0 bridgehead atoms. The number of rotatable bonds is 7. The zero-order chi connectivity index (χ0) is 20.1. The molecule has 1 aliphatic carbocycles. The van der Waals surface area contributed by atoms with Crippen molar-refractivity contribution < 1.29 is 23.9 Å². The number of hydrogen-bond acceptors (Lipinski definition) is 7. The predicted octanol–water partition coefficient (Wildman–Crippen LogP) is 0.252. The first kappa shape index (κ1) is 21.0. The molecule has 1 saturated carbocycles. The maximum absolute atomic E-state index is 13.1. The molecular formula is C19H32N4O5. The van der Waals surface area contributed by atoms with Crippen LogP contribution in [0.1, 0.15) is 32.6 Å². The molecular weight excluding hydrogens is 364 g/mol. The third-order valence-corrected chi connectivity index (χ3v) is 6.13. The minimum absolute atomic E-state index is 0.0436. The zero-order valence-corrected chi connectivity index (χ0v) is 16.9. The van der Waals surface area contributed by atoms with Gasteiger partial charge in [0.05, 0.1) is 33.5 Å². The largest absolute Gasteiger partial charge is 0.468 e. The Labute approximate surface area is 166 Å². The van der Waals surface area contributed by atoms with Gasteiger partial charge in [-0.1, -0.05) is 6.92 Å². The van der Waals surface area contributed by atoms with Gasteiger partial charge < -0.3 is 14.8 Å². The number of morpholine rings is 1. The summed E-state index contributed by atoms with van der Waals surface area (Å²) in [5, 5.41) is 2.94. The van der Waals surface area contributed by atoms with Gasteiger partial charge in [0.1, 0.15) is 5.54 Å². The molecule has 2 heterocycles. The van der Waals surface area contributed by atoms with Crippen LogP contribution in [0.5, 0.6) is 0 Å². The lowest BCUT2D eigenvalue weighted by atomic mass is 9.77. The molecule has 2 saturated heterocycles. The van der Waals surface area contributed by atoms with Crippen LogP contribution in [0.25, 0.3) is 0 Å². The maximum atomic E-state index is 13.1. The molecule has 28 heavy (non-hydrogen) atoms. The van der Waals surface area contributed by atoms with Crippen LogP contribution in [0.15, 0.2) is 0 Å². The van der Waals surface area contributed by atoms with Crippen LogP contribution < -0.4 is 5.32 Å². The Morgan fingerprint density at radius 1 is 1.29 bits per heavy atom. The van der Waals surface area contributed by atoms with E-state index in [9.17, 15) is 14.4 Å². The molecule has 0 aromatic carbocycles. The van der Waals surface area contributed by atoms with Crippen LogP contribution in [-0.2, 0) is 19.1 Å². The Morgan fingerprint density at radius 3 is 2.61 bits per heavy atom. The van der Waals surface area contributed by atoms with E-state index in [4.69, 9.17) is 9.47 Å². The van der Waals surface area contributed by atoms with Crippen molar-refractivity contribution in [2.45, 2.75) is 38.1 Å². The van der Waals surface area contributed by atoms with Gasteiger partial charge >= 0.3 is 12.0 Å². The minimum Gasteiger partial charge on any atom is -0.468 e. The molecule has 3 aliphatic rings. The highest BCUT2D eigenvalue weighted by molar-refractivity contribution is 6.07. The fourth-order valence-electron chi connectivity index (χ4n) is 4.15. The third kappa shape index (κ3) is 4.82. The molecule has 0 radical (unpaired) electrons. The number of ether oxygens (including phenoxy) is 2. The Kier molecular flexibility index (Phi) is 6.90. The molecule has 158 valence electrons. The lowest BCUT2D eigenvalue weighted by Crippen LogP contribution is -2.51. The highest BCUT2D eigenvalue weighted by Crippen LogP contribution is 2.36. The lowest BCUT2D eigenvalue weighted by Gasteiger charge is -2.34. The van der Waals surface area contributed by atoms with Gasteiger partial charge in [-0.3, -0.25) is 19.4 Å². The first-order chi connectivity index (χ1) is 13.4. The highest BCUT2D eigenvalue weighted by Gasteiger charge is 2.52. The van der Waals surface area contributed by atoms with Gasteiger partial charge in [0, 0.05) is 26.2 Å². The Hall–Kier alpha value is -1.71. The van der Waals surface area contributed by atoms with Crippen molar-refractivity contribution in [2.75, 3.05) is 59.7 Å². The molecule has 0 atom stereocenters. The van der Waals surface area contributed by atoms with Crippen LogP contribution in [0, 0.1) is 5.92 Å². The summed E-state index contributed by atoms with van der Waals surface area (Å²) in [4.78, 5) is 42.8. The molecule has 0 unspecified atom stereocenters. The number of esters is 1. The van der Waals surface area contributed by atoms with Crippen LogP contribution >= 0.6 is 0 Å². The summed E-state index contributed by atoms with van der Waals surface area (Å²) in [5.41, 5.74) is -0.759. The molecule has 3 rings (SSSR count). The van der Waals surface area contributed by atoms with Crippen molar-refractivity contribution in [3.63, 3.8) is 0 Å². The molecule has 1 spiro atoms. The van der Waals surface area contributed by atoms with Crippen LogP contribution in [0.2, 0.25) is 0 Å². The number of carbonyl (C=O) groups is 3. The second-order valence-corrected chi connectivity index (χ2v) is 8.15. The van der Waals surface area contributed by atoms with E-state index in [1.807, 2.05) is 4.90 Å². The second kappa shape index (κ2) is 9.19. The van der Waals surface area contributed by atoms with Crippen molar-refractivity contribution in [1.82, 2.24) is 20.0 Å². The molecule has 9 heteroatoms. The monoisotopic (exact) mass is 396 g/mol. The van der Waals surface area contributed by atoms with Crippen molar-refractivity contribution in [2.24, 2.45) is 5.92 Å². The van der Waals surface area contributed by atoms with E-state index in [0.29, 0.717) is 38.5 Å². The van der Waals surface area contributed by atoms with E-state index >= 15 is 0 Å². The number of urea groups is 1. The van der Waals surface area contributed by atoms with E-state index in [1.165, 1.54) is 12.0 Å². The first-order valence-electron chi connectivity index (χ1n) is 10.2. The van der Waals surface area contributed by atoms with E-state index in [2.05, 4.69) is 17.1 Å². The van der Waals surface area contributed by atoms with Gasteiger partial charge in [0.25, 0.3) is 5.91 Å². The standard InChI is InChI=1S/C19H32N4O5/c1-15-3-5-19(6-4-15)17(25)23(18(26)20-19)14-22(13-16(24)27-2)8-7-21-9-11-28-12-10-21/h15H,3-14H2,1-2H3,(H,20,26). The minimum atomic E-state index is -0.759. The number of carbonyl (C=O) groups excluding carboxylic acids is 3. The highest BCUT2D eigenvalue weighted by atomic mass is 16.5. The van der Waals surface area contributed by atoms with Crippen molar-refractivity contribution in [3.05, 3.63) is 0 Å². The third-order valence-electron chi connectivity index (χ3n) is 6.13. The lowest BCUT2D eigenvalue weighted by molar-refractivity contribution is -0.144. The van der Waals surface area contributed by atoms with Gasteiger partial charge in [0.15, 0.2) is 0 Å². The normalized spacial score (nSPS) is 28.8. The summed E-state index contributed by atoms with van der Waals surface area (Å²) in [7, 11) is 1.34. The zero-order valence-electron chi connectivity index (χ0n) is 16.9. The molecule has 1 N–H and O–H groups in total. The molecule has 0 aromatic rings. The van der Waals surface area contributed by atoms with E-state index < -0.39 is 5.54 Å². The van der Waals surface area contributed by atoms with Crippen LogP contribution in [-0.4, -0.2) is 97.9 Å². The summed E-state index contributed by atoms with van der Waals surface area (Å²) >= 11 is 0. The Morgan fingerprint density at radius 2 is 1.96 bits per heavy atom. The number of methoxy groups -OCH3 is 1. The van der Waals surface area contributed by atoms with Crippen LogP contribution in [0.4, 0.5) is 4.79 Å². The van der Waals surface area contributed by atoms with Gasteiger partial charge in [-0.25, -0.2) is 9.69 Å². The van der Waals surface area contributed by atoms with Gasteiger partial charge in [-0.05, 0) is 31.6 Å². The van der Waals surface area contributed by atoms with Crippen LogP contribution in [0.3, 0.4) is 0 Å². The fourth-order valence-corrected chi connectivity index (χ4v) is 4.15. The second-order valence-electron chi connectivity index (χ2n) is 8.15. The number of nitrogens with zero attached hydrogens (tertiary/aromatic N) is 3. The smallest absolute Gasteiger partial charge is 0.326 e. The first-order valence-corrected chi connectivity index (χ1v) is 10.2. The van der Waals surface area contributed by atoms with Crippen molar-refractivity contribution in [1.29, 1.82) is 0 Å². The number of amides is 3. The van der Waals surface area contributed by atoms with Gasteiger partial charge in [0.2, 0.25) is 0 Å². The quantitative estimate of drug-likeness (QED) is 0.487. The van der Waals surface area contributed by atoms with Crippen molar-refractivity contribution in [3.8, 4) is 0 Å². The summed E-state index contributed by atoms with van der Waals surface area (Å²) < 4.78 is 10.2. The van der Waals surface area contributed by atoms with E-state index in [1.54, 1.807) is 0 Å². The topological polar surface area (TPSA) is 91.4 Å². The molecule has 9 nitrogen and oxygen atoms in total. The summed E-state index contributed by atoms with van der Waals surface area (Å²) in [6.07, 6.45) is 3.23. The molecule has 0 aromatic heterocycles. The Balaban J connectivity index is 1.62. The number of hydrogen-bond donors (Lipinski definition) is 1. The molecule has 3 fully saturated rings. The van der Waals surface area contributed by atoms with Gasteiger partial charge in [-0.15, -0.1) is 0 Å². The van der Waals surface area contributed by atoms with E-state index in [0.717, 1.165) is 32.5 Å². The molecule has 2 aliphatic heterocycles. The SMILES string of the molecule is COC(=O)CN(CCN1CCOCC1)CN1C(=O)NC2(CCC(C)CC2)C1=O. The summed E-state index contributed by atoms with van der Waals surface area (Å²) in [6, 6.07) is -0.360. The average Bonchev–Trinajstić information content (AvgIpc) is 2.93. The summed E-state index contributed by atoms with van der Waals surface area (Å²) in [6.45, 7) is 6.71. The molecule has 3 amide bonds. The average molecular weight is 396 g/mol. The Bertz CT molecular complexity index is 585. The summed E-state index contributed by atoms with van der Waals surface area (Å²) in [5.74, 6) is 0.0367. The maximum Gasteiger partial charge on any atom is 0.326 e. The van der Waals surface area contributed by atoms with Gasteiger partial charge in [-0.2, -0.15) is 0 Å².